The SMILES string of the molecule is O=C(O)Cc1c(C2CC2)oc2c1COC2. The highest BCUT2D eigenvalue weighted by Crippen LogP contribution is 2.45. The average Bonchev–Trinajstić information content (AvgIpc) is 2.82. The van der Waals surface area contributed by atoms with E-state index in [4.69, 9.17) is 14.3 Å². The number of aliphatic carboxylic acids is 1. The monoisotopic (exact) mass is 208 g/mol. The number of furan rings is 1. The van der Waals surface area contributed by atoms with Gasteiger partial charge in [0.05, 0.1) is 13.0 Å². The molecule has 1 aromatic heterocycles. The zero-order valence-corrected chi connectivity index (χ0v) is 8.28. The lowest BCUT2D eigenvalue weighted by molar-refractivity contribution is -0.136. The van der Waals surface area contributed by atoms with Crippen LogP contribution in [0.4, 0.5) is 0 Å². The number of hydrogen-bond acceptors (Lipinski definition) is 3. The molecule has 0 bridgehead atoms. The third-order valence-electron chi connectivity index (χ3n) is 2.99. The van der Waals surface area contributed by atoms with E-state index in [1.54, 1.807) is 0 Å². The van der Waals surface area contributed by atoms with E-state index in [-0.39, 0.29) is 6.42 Å². The van der Waals surface area contributed by atoms with Crippen LogP contribution in [0, 0.1) is 0 Å². The minimum absolute atomic E-state index is 0.0635. The first-order valence-electron chi connectivity index (χ1n) is 5.18. The summed E-state index contributed by atoms with van der Waals surface area (Å²) < 4.78 is 10.9. The maximum Gasteiger partial charge on any atom is 0.307 e. The maximum atomic E-state index is 10.8. The Kier molecular flexibility index (Phi) is 1.85. The third kappa shape index (κ3) is 1.45. The van der Waals surface area contributed by atoms with Crippen LogP contribution < -0.4 is 0 Å². The molecule has 2 aliphatic rings. The third-order valence-corrected chi connectivity index (χ3v) is 2.99. The van der Waals surface area contributed by atoms with Crippen LogP contribution in [0.1, 0.15) is 41.4 Å². The largest absolute Gasteiger partial charge is 0.481 e. The summed E-state index contributed by atoms with van der Waals surface area (Å²) in [4.78, 5) is 10.8. The van der Waals surface area contributed by atoms with Gasteiger partial charge in [0, 0.05) is 17.0 Å². The summed E-state index contributed by atoms with van der Waals surface area (Å²) in [5.41, 5.74) is 1.86. The van der Waals surface area contributed by atoms with Crippen molar-refractivity contribution in [3.63, 3.8) is 0 Å². The molecule has 2 heterocycles. The standard InChI is InChI=1S/C11H12O4/c12-10(13)3-7-8-4-14-5-9(8)15-11(7)6-1-2-6/h6H,1-5H2,(H,12,13). The van der Waals surface area contributed by atoms with E-state index < -0.39 is 5.97 Å². The molecule has 0 radical (unpaired) electrons. The van der Waals surface area contributed by atoms with E-state index in [0.29, 0.717) is 19.1 Å². The lowest BCUT2D eigenvalue weighted by Gasteiger charge is -2.00. The number of hydrogen-bond donors (Lipinski definition) is 1. The zero-order valence-electron chi connectivity index (χ0n) is 8.28. The fourth-order valence-corrected chi connectivity index (χ4v) is 2.12. The number of rotatable bonds is 3. The van der Waals surface area contributed by atoms with E-state index in [9.17, 15) is 4.79 Å². The second-order valence-corrected chi connectivity index (χ2v) is 4.18. The maximum absolute atomic E-state index is 10.8. The molecule has 0 amide bonds. The van der Waals surface area contributed by atoms with Crippen LogP contribution in [-0.4, -0.2) is 11.1 Å². The molecule has 0 saturated heterocycles. The minimum atomic E-state index is -0.799. The molecular formula is C11H12O4. The van der Waals surface area contributed by atoms with Crippen molar-refractivity contribution in [3.8, 4) is 0 Å². The summed E-state index contributed by atoms with van der Waals surface area (Å²) >= 11 is 0. The van der Waals surface area contributed by atoms with Crippen molar-refractivity contribution in [1.82, 2.24) is 0 Å². The summed E-state index contributed by atoms with van der Waals surface area (Å²) in [7, 11) is 0. The summed E-state index contributed by atoms with van der Waals surface area (Å²) in [5.74, 6) is 1.41. The van der Waals surface area contributed by atoms with Gasteiger partial charge in [-0.25, -0.2) is 0 Å². The molecule has 1 N–H and O–H groups in total. The highest BCUT2D eigenvalue weighted by Gasteiger charge is 2.34. The molecule has 1 fully saturated rings. The number of fused-ring (bicyclic) bond motifs is 1. The summed E-state index contributed by atoms with van der Waals surface area (Å²) in [6, 6.07) is 0. The Labute approximate surface area is 86.8 Å². The second kappa shape index (κ2) is 3.10. The van der Waals surface area contributed by atoms with E-state index in [2.05, 4.69) is 0 Å². The Morgan fingerprint density at radius 3 is 2.87 bits per heavy atom. The molecule has 0 aromatic carbocycles. The van der Waals surface area contributed by atoms with Crippen molar-refractivity contribution in [3.05, 3.63) is 22.6 Å². The molecule has 3 rings (SSSR count). The van der Waals surface area contributed by atoms with Crippen LogP contribution in [0.3, 0.4) is 0 Å². The lowest BCUT2D eigenvalue weighted by Crippen LogP contribution is -2.03. The molecule has 1 aliphatic carbocycles. The molecule has 0 spiro atoms. The first-order valence-corrected chi connectivity index (χ1v) is 5.18. The van der Waals surface area contributed by atoms with Crippen molar-refractivity contribution < 1.29 is 19.1 Å². The van der Waals surface area contributed by atoms with E-state index >= 15 is 0 Å². The average molecular weight is 208 g/mol. The summed E-state index contributed by atoms with van der Waals surface area (Å²) in [5, 5.41) is 8.86. The highest BCUT2D eigenvalue weighted by molar-refractivity contribution is 5.71. The van der Waals surface area contributed by atoms with Crippen LogP contribution in [0.2, 0.25) is 0 Å². The van der Waals surface area contributed by atoms with Crippen molar-refractivity contribution in [2.75, 3.05) is 0 Å². The Morgan fingerprint density at radius 1 is 1.40 bits per heavy atom. The molecular weight excluding hydrogens is 196 g/mol. The molecule has 0 unspecified atom stereocenters. The number of carboxylic acids is 1. The molecule has 80 valence electrons. The lowest BCUT2D eigenvalue weighted by atomic mass is 10.0. The molecule has 0 atom stereocenters. The van der Waals surface area contributed by atoms with Gasteiger partial charge in [-0.1, -0.05) is 0 Å². The summed E-state index contributed by atoms with van der Waals surface area (Å²) in [6.07, 6.45) is 2.31. The molecule has 15 heavy (non-hydrogen) atoms. The van der Waals surface area contributed by atoms with Crippen LogP contribution >= 0.6 is 0 Å². The van der Waals surface area contributed by atoms with Gasteiger partial charge < -0.3 is 14.3 Å². The molecule has 1 aromatic rings. The Bertz CT molecular complexity index is 414. The van der Waals surface area contributed by atoms with Crippen LogP contribution in [0.5, 0.6) is 0 Å². The predicted octanol–water partition coefficient (Wildman–Crippen LogP) is 1.81. The molecule has 4 nitrogen and oxygen atoms in total. The van der Waals surface area contributed by atoms with Gasteiger partial charge in [0.1, 0.15) is 18.1 Å². The second-order valence-electron chi connectivity index (χ2n) is 4.18. The summed E-state index contributed by atoms with van der Waals surface area (Å²) in [6.45, 7) is 1.00. The van der Waals surface area contributed by atoms with E-state index in [1.807, 2.05) is 0 Å². The van der Waals surface area contributed by atoms with E-state index in [1.165, 1.54) is 0 Å². The number of carboxylic acid groups (broad SMARTS) is 1. The Balaban J connectivity index is 2.02. The normalized spacial score (nSPS) is 19.2. The topological polar surface area (TPSA) is 59.7 Å². The quantitative estimate of drug-likeness (QED) is 0.823. The van der Waals surface area contributed by atoms with Gasteiger partial charge in [-0.2, -0.15) is 0 Å². The Morgan fingerprint density at radius 2 is 2.20 bits per heavy atom. The van der Waals surface area contributed by atoms with Crippen LogP contribution in [-0.2, 0) is 29.2 Å². The smallest absolute Gasteiger partial charge is 0.307 e. The van der Waals surface area contributed by atoms with Crippen molar-refractivity contribution in [2.24, 2.45) is 0 Å². The van der Waals surface area contributed by atoms with Crippen LogP contribution in [0.25, 0.3) is 0 Å². The van der Waals surface area contributed by atoms with Crippen molar-refractivity contribution in [2.45, 2.75) is 38.4 Å². The predicted molar refractivity (Wildman–Crippen MR) is 50.5 cm³/mol. The van der Waals surface area contributed by atoms with Crippen molar-refractivity contribution >= 4 is 5.97 Å². The molecule has 1 aliphatic heterocycles. The first-order chi connectivity index (χ1) is 7.25. The number of ether oxygens (including phenoxy) is 1. The fraction of sp³-hybridized carbons (Fsp3) is 0.545. The highest BCUT2D eigenvalue weighted by atomic mass is 16.5. The van der Waals surface area contributed by atoms with Crippen LogP contribution in [0.15, 0.2) is 4.42 Å². The minimum Gasteiger partial charge on any atom is -0.481 e. The number of carbonyl (C=O) groups is 1. The van der Waals surface area contributed by atoms with Crippen molar-refractivity contribution in [1.29, 1.82) is 0 Å². The Hall–Kier alpha value is -1.29. The zero-order chi connectivity index (χ0) is 10.4. The van der Waals surface area contributed by atoms with Gasteiger partial charge in [0.25, 0.3) is 0 Å². The van der Waals surface area contributed by atoms with Gasteiger partial charge in [-0.05, 0) is 12.8 Å². The fourth-order valence-electron chi connectivity index (χ4n) is 2.12. The van der Waals surface area contributed by atoms with Gasteiger partial charge in [0.2, 0.25) is 0 Å². The molecule has 1 saturated carbocycles. The van der Waals surface area contributed by atoms with E-state index in [0.717, 1.165) is 35.5 Å². The van der Waals surface area contributed by atoms with Gasteiger partial charge >= 0.3 is 5.97 Å². The van der Waals surface area contributed by atoms with Gasteiger partial charge in [0.15, 0.2) is 0 Å². The van der Waals surface area contributed by atoms with Gasteiger partial charge in [-0.15, -0.1) is 0 Å². The molecule has 4 heteroatoms. The van der Waals surface area contributed by atoms with Gasteiger partial charge in [-0.3, -0.25) is 4.79 Å². The first kappa shape index (κ1) is 8.97.